The first-order valence-electron chi connectivity index (χ1n) is 5.66. The summed E-state index contributed by atoms with van der Waals surface area (Å²) < 4.78 is 0. The monoisotopic (exact) mass is 255 g/mol. The number of alkyl halides is 1. The van der Waals surface area contributed by atoms with Gasteiger partial charge in [-0.1, -0.05) is 39.0 Å². The van der Waals surface area contributed by atoms with Crippen molar-refractivity contribution in [1.82, 2.24) is 0 Å². The van der Waals surface area contributed by atoms with E-state index in [9.17, 15) is 10.1 Å². The molecule has 0 aliphatic carbocycles. The number of halogens is 1. The highest BCUT2D eigenvalue weighted by Crippen LogP contribution is 2.28. The fraction of sp³-hybridized carbons (Fsp3) is 0.538. The van der Waals surface area contributed by atoms with E-state index < -0.39 is 0 Å². The van der Waals surface area contributed by atoms with Gasteiger partial charge in [0, 0.05) is 17.0 Å². The standard InChI is InChI=1S/C13H18ClNO2/c1-13(2,3)9-11(14)8-10-6-4-5-7-12(10)15(16)17/h4-7,11H,8-9H2,1-3H3. The summed E-state index contributed by atoms with van der Waals surface area (Å²) in [6, 6.07) is 6.78. The molecule has 0 saturated heterocycles. The van der Waals surface area contributed by atoms with Gasteiger partial charge in [0.1, 0.15) is 0 Å². The van der Waals surface area contributed by atoms with Crippen LogP contribution in [0.3, 0.4) is 0 Å². The molecule has 0 amide bonds. The molecule has 0 spiro atoms. The van der Waals surface area contributed by atoms with Crippen molar-refractivity contribution in [2.45, 2.75) is 39.0 Å². The van der Waals surface area contributed by atoms with Gasteiger partial charge in [0.2, 0.25) is 0 Å². The van der Waals surface area contributed by atoms with Crippen LogP contribution in [-0.4, -0.2) is 10.3 Å². The van der Waals surface area contributed by atoms with Gasteiger partial charge in [-0.2, -0.15) is 0 Å². The average molecular weight is 256 g/mol. The molecule has 0 saturated carbocycles. The lowest BCUT2D eigenvalue weighted by Crippen LogP contribution is -2.15. The zero-order valence-corrected chi connectivity index (χ0v) is 11.2. The second kappa shape index (κ2) is 5.50. The van der Waals surface area contributed by atoms with Gasteiger partial charge in [0.25, 0.3) is 5.69 Å². The molecular formula is C13H18ClNO2. The van der Waals surface area contributed by atoms with Gasteiger partial charge in [0.15, 0.2) is 0 Å². The van der Waals surface area contributed by atoms with Crippen LogP contribution in [0.5, 0.6) is 0 Å². The summed E-state index contributed by atoms with van der Waals surface area (Å²) in [5, 5.41) is 10.8. The Kier molecular flexibility index (Phi) is 4.52. The molecule has 3 nitrogen and oxygen atoms in total. The molecule has 0 heterocycles. The maximum Gasteiger partial charge on any atom is 0.272 e. The minimum absolute atomic E-state index is 0.0731. The van der Waals surface area contributed by atoms with E-state index >= 15 is 0 Å². The van der Waals surface area contributed by atoms with E-state index in [1.807, 2.05) is 6.07 Å². The largest absolute Gasteiger partial charge is 0.272 e. The molecular weight excluding hydrogens is 238 g/mol. The van der Waals surface area contributed by atoms with E-state index in [0.717, 1.165) is 6.42 Å². The lowest BCUT2D eigenvalue weighted by Gasteiger charge is -2.21. The first-order valence-corrected chi connectivity index (χ1v) is 6.09. The molecule has 94 valence electrons. The van der Waals surface area contributed by atoms with Crippen molar-refractivity contribution in [3.05, 3.63) is 39.9 Å². The Bertz CT molecular complexity index is 399. The van der Waals surface area contributed by atoms with Crippen LogP contribution in [-0.2, 0) is 6.42 Å². The second-order valence-corrected chi connectivity index (χ2v) is 6.07. The van der Waals surface area contributed by atoms with Crippen molar-refractivity contribution >= 4 is 17.3 Å². The van der Waals surface area contributed by atoms with Crippen LogP contribution in [0, 0.1) is 15.5 Å². The summed E-state index contributed by atoms with van der Waals surface area (Å²) in [5.41, 5.74) is 1.00. The Morgan fingerprint density at radius 3 is 2.47 bits per heavy atom. The first-order chi connectivity index (χ1) is 7.79. The van der Waals surface area contributed by atoms with Crippen molar-refractivity contribution in [2.24, 2.45) is 5.41 Å². The van der Waals surface area contributed by atoms with E-state index in [1.165, 1.54) is 6.07 Å². The van der Waals surface area contributed by atoms with Crippen molar-refractivity contribution in [3.63, 3.8) is 0 Å². The normalized spacial score (nSPS) is 13.4. The zero-order valence-electron chi connectivity index (χ0n) is 10.4. The quantitative estimate of drug-likeness (QED) is 0.460. The summed E-state index contributed by atoms with van der Waals surface area (Å²) in [6.07, 6.45) is 1.37. The van der Waals surface area contributed by atoms with Crippen molar-refractivity contribution in [2.75, 3.05) is 0 Å². The number of rotatable bonds is 4. The van der Waals surface area contributed by atoms with Gasteiger partial charge in [0.05, 0.1) is 4.92 Å². The third-order valence-electron chi connectivity index (χ3n) is 2.46. The first kappa shape index (κ1) is 14.0. The number of nitrogens with zero attached hydrogens (tertiary/aromatic N) is 1. The summed E-state index contributed by atoms with van der Waals surface area (Å²) in [7, 11) is 0. The van der Waals surface area contributed by atoms with E-state index in [0.29, 0.717) is 12.0 Å². The third kappa shape index (κ3) is 4.73. The fourth-order valence-corrected chi connectivity index (χ4v) is 2.47. The molecule has 0 aliphatic rings. The summed E-state index contributed by atoms with van der Waals surface area (Å²) >= 11 is 6.25. The van der Waals surface area contributed by atoms with E-state index in [-0.39, 0.29) is 21.4 Å². The predicted molar refractivity (Wildman–Crippen MR) is 70.5 cm³/mol. The van der Waals surface area contributed by atoms with Crippen LogP contribution in [0.15, 0.2) is 24.3 Å². The van der Waals surface area contributed by atoms with Crippen molar-refractivity contribution in [3.8, 4) is 0 Å². The van der Waals surface area contributed by atoms with Crippen LogP contribution in [0.4, 0.5) is 5.69 Å². The topological polar surface area (TPSA) is 43.1 Å². The molecule has 1 unspecified atom stereocenters. The zero-order chi connectivity index (χ0) is 13.1. The van der Waals surface area contributed by atoms with Crippen molar-refractivity contribution in [1.29, 1.82) is 0 Å². The number of hydrogen-bond acceptors (Lipinski definition) is 2. The summed E-state index contributed by atoms with van der Waals surface area (Å²) in [6.45, 7) is 6.34. The third-order valence-corrected chi connectivity index (χ3v) is 2.77. The molecule has 0 fully saturated rings. The molecule has 0 N–H and O–H groups in total. The molecule has 17 heavy (non-hydrogen) atoms. The van der Waals surface area contributed by atoms with Crippen LogP contribution in [0.1, 0.15) is 32.8 Å². The number of hydrogen-bond donors (Lipinski definition) is 0. The molecule has 1 aromatic rings. The second-order valence-electron chi connectivity index (χ2n) is 5.45. The highest BCUT2D eigenvalue weighted by atomic mass is 35.5. The van der Waals surface area contributed by atoms with E-state index in [4.69, 9.17) is 11.6 Å². The Balaban J connectivity index is 2.78. The smallest absolute Gasteiger partial charge is 0.258 e. The van der Waals surface area contributed by atoms with Crippen LogP contribution in [0.25, 0.3) is 0 Å². The van der Waals surface area contributed by atoms with Crippen LogP contribution < -0.4 is 0 Å². The van der Waals surface area contributed by atoms with Gasteiger partial charge >= 0.3 is 0 Å². The van der Waals surface area contributed by atoms with E-state index in [2.05, 4.69) is 20.8 Å². The predicted octanol–water partition coefficient (Wildman–Crippen LogP) is 4.18. The van der Waals surface area contributed by atoms with E-state index in [1.54, 1.807) is 12.1 Å². The average Bonchev–Trinajstić information content (AvgIpc) is 2.14. The molecule has 1 aromatic carbocycles. The Hall–Kier alpha value is -1.09. The highest BCUT2D eigenvalue weighted by molar-refractivity contribution is 6.20. The maximum atomic E-state index is 10.9. The van der Waals surface area contributed by atoms with Crippen molar-refractivity contribution < 1.29 is 4.92 Å². The Labute approximate surface area is 107 Å². The van der Waals surface area contributed by atoms with Gasteiger partial charge in [-0.3, -0.25) is 10.1 Å². The van der Waals surface area contributed by atoms with Gasteiger partial charge in [-0.05, 0) is 18.3 Å². The maximum absolute atomic E-state index is 10.9. The molecule has 0 bridgehead atoms. The van der Waals surface area contributed by atoms with Gasteiger partial charge in [-0.15, -0.1) is 11.6 Å². The number of para-hydroxylation sites is 1. The SMILES string of the molecule is CC(C)(C)CC(Cl)Cc1ccccc1[N+](=O)[O-]. The number of nitro groups is 1. The molecule has 1 atom stereocenters. The van der Waals surface area contributed by atoms with Gasteiger partial charge < -0.3 is 0 Å². The molecule has 0 radical (unpaired) electrons. The molecule has 0 aliphatic heterocycles. The Morgan fingerprint density at radius 1 is 1.35 bits per heavy atom. The minimum Gasteiger partial charge on any atom is -0.258 e. The van der Waals surface area contributed by atoms with Gasteiger partial charge in [-0.25, -0.2) is 0 Å². The summed E-state index contributed by atoms with van der Waals surface area (Å²) in [5.74, 6) is 0. The lowest BCUT2D eigenvalue weighted by atomic mass is 9.88. The van der Waals surface area contributed by atoms with Crippen LogP contribution in [0.2, 0.25) is 0 Å². The molecule has 1 rings (SSSR count). The number of benzene rings is 1. The minimum atomic E-state index is -0.351. The highest BCUT2D eigenvalue weighted by Gasteiger charge is 2.20. The summed E-state index contributed by atoms with van der Waals surface area (Å²) in [4.78, 5) is 10.5. The van der Waals surface area contributed by atoms with Crippen LogP contribution >= 0.6 is 11.6 Å². The molecule has 0 aromatic heterocycles. The number of nitro benzene ring substituents is 1. The fourth-order valence-electron chi connectivity index (χ4n) is 1.84. The molecule has 4 heteroatoms. The Morgan fingerprint density at radius 2 is 1.94 bits per heavy atom. The lowest BCUT2D eigenvalue weighted by molar-refractivity contribution is -0.385.